The van der Waals surface area contributed by atoms with Crippen LogP contribution in [-0.2, 0) is 22.7 Å². The third-order valence-electron chi connectivity index (χ3n) is 5.97. The molecule has 2 aromatic heterocycles. The van der Waals surface area contributed by atoms with E-state index >= 15 is 0 Å². The zero-order chi connectivity index (χ0) is 21.9. The SMILES string of the molecule is Cc1ccnc(C)c1CN1CC2(C1)CN(S(=O)(=O)c1ccc(C(F)(F)F)nc1C)C2. The van der Waals surface area contributed by atoms with E-state index in [-0.39, 0.29) is 16.0 Å². The molecule has 2 fully saturated rings. The molecule has 0 radical (unpaired) electrons. The van der Waals surface area contributed by atoms with Crippen LogP contribution in [0.25, 0.3) is 0 Å². The van der Waals surface area contributed by atoms with Crippen molar-refractivity contribution in [3.63, 3.8) is 0 Å². The van der Waals surface area contributed by atoms with Crippen LogP contribution in [0.1, 0.15) is 28.2 Å². The summed E-state index contributed by atoms with van der Waals surface area (Å²) in [5, 5.41) is 0. The molecule has 0 atom stereocenters. The number of likely N-dealkylation sites (tertiary alicyclic amines) is 1. The minimum absolute atomic E-state index is 0.0790. The Bertz CT molecular complexity index is 1070. The van der Waals surface area contributed by atoms with E-state index in [0.717, 1.165) is 37.5 Å². The lowest BCUT2D eigenvalue weighted by Gasteiger charge is -2.59. The number of hydrogen-bond acceptors (Lipinski definition) is 5. The molecule has 0 aromatic carbocycles. The summed E-state index contributed by atoms with van der Waals surface area (Å²) in [5.41, 5.74) is 2.08. The summed E-state index contributed by atoms with van der Waals surface area (Å²) >= 11 is 0. The van der Waals surface area contributed by atoms with Gasteiger partial charge in [-0.05, 0) is 50.1 Å². The maximum atomic E-state index is 12.9. The largest absolute Gasteiger partial charge is 0.433 e. The Hall–Kier alpha value is -2.04. The van der Waals surface area contributed by atoms with E-state index in [2.05, 4.69) is 21.8 Å². The van der Waals surface area contributed by atoms with Crippen molar-refractivity contribution in [2.45, 2.75) is 38.4 Å². The van der Waals surface area contributed by atoms with Gasteiger partial charge in [-0.25, -0.2) is 13.4 Å². The van der Waals surface area contributed by atoms with Crippen LogP contribution in [0.15, 0.2) is 29.3 Å². The molecule has 4 rings (SSSR count). The summed E-state index contributed by atoms with van der Waals surface area (Å²) in [5.74, 6) is 0. The maximum absolute atomic E-state index is 12.9. The van der Waals surface area contributed by atoms with Crippen molar-refractivity contribution in [1.82, 2.24) is 19.2 Å². The zero-order valence-electron chi connectivity index (χ0n) is 17.0. The molecule has 0 amide bonds. The van der Waals surface area contributed by atoms with Gasteiger partial charge in [0.05, 0.1) is 5.69 Å². The van der Waals surface area contributed by atoms with Crippen LogP contribution >= 0.6 is 0 Å². The Labute approximate surface area is 173 Å². The molecule has 2 aromatic rings. The third kappa shape index (κ3) is 3.61. The minimum atomic E-state index is -4.60. The van der Waals surface area contributed by atoms with E-state index in [9.17, 15) is 21.6 Å². The monoisotopic (exact) mass is 440 g/mol. The molecule has 4 heterocycles. The van der Waals surface area contributed by atoms with Crippen LogP contribution in [0, 0.1) is 26.2 Å². The Kier molecular flexibility index (Phi) is 4.94. The second-order valence-electron chi connectivity index (χ2n) is 8.39. The van der Waals surface area contributed by atoms with Crippen LogP contribution in [0.4, 0.5) is 13.2 Å². The minimum Gasteiger partial charge on any atom is -0.298 e. The highest BCUT2D eigenvalue weighted by Gasteiger charge is 2.55. The molecule has 1 spiro atoms. The zero-order valence-corrected chi connectivity index (χ0v) is 17.8. The molecule has 30 heavy (non-hydrogen) atoms. The van der Waals surface area contributed by atoms with E-state index in [0.29, 0.717) is 13.1 Å². The molecule has 0 unspecified atom stereocenters. The van der Waals surface area contributed by atoms with Crippen LogP contribution in [0.3, 0.4) is 0 Å². The normalized spacial score (nSPS) is 19.5. The number of aromatic nitrogens is 2. The lowest BCUT2D eigenvalue weighted by atomic mass is 9.74. The van der Waals surface area contributed by atoms with E-state index in [1.807, 2.05) is 13.0 Å². The Morgan fingerprint density at radius 3 is 2.27 bits per heavy atom. The first kappa shape index (κ1) is 21.2. The highest BCUT2D eigenvalue weighted by molar-refractivity contribution is 7.89. The van der Waals surface area contributed by atoms with Crippen LogP contribution in [0.2, 0.25) is 0 Å². The number of nitrogens with zero attached hydrogens (tertiary/aromatic N) is 4. The standard InChI is InChI=1S/C20H23F3N4O2S/c1-13-6-7-24-14(2)16(13)8-26-9-19(10-26)11-27(12-19)30(28,29)17-4-5-18(20(21,22)23)25-15(17)3/h4-7H,8-12H2,1-3H3. The summed E-state index contributed by atoms with van der Waals surface area (Å²) in [6, 6.07) is 3.71. The van der Waals surface area contributed by atoms with E-state index < -0.39 is 21.9 Å². The summed E-state index contributed by atoms with van der Waals surface area (Å²) in [6.45, 7) is 8.43. The average Bonchev–Trinajstić information content (AvgIpc) is 2.56. The third-order valence-corrected chi connectivity index (χ3v) is 7.90. The van der Waals surface area contributed by atoms with Crippen molar-refractivity contribution >= 4 is 10.0 Å². The van der Waals surface area contributed by atoms with Gasteiger partial charge in [-0.15, -0.1) is 0 Å². The number of alkyl halides is 3. The van der Waals surface area contributed by atoms with Crippen molar-refractivity contribution in [1.29, 1.82) is 0 Å². The van der Waals surface area contributed by atoms with Crippen molar-refractivity contribution in [3.05, 3.63) is 52.6 Å². The molecular weight excluding hydrogens is 417 g/mol. The van der Waals surface area contributed by atoms with Crippen LogP contribution in [-0.4, -0.2) is 53.8 Å². The fourth-order valence-corrected chi connectivity index (χ4v) is 6.22. The summed E-state index contributed by atoms with van der Waals surface area (Å²) in [7, 11) is -3.86. The number of aryl methyl sites for hydroxylation is 3. The Morgan fingerprint density at radius 2 is 1.70 bits per heavy atom. The smallest absolute Gasteiger partial charge is 0.298 e. The first-order valence-electron chi connectivity index (χ1n) is 9.60. The lowest BCUT2D eigenvalue weighted by molar-refractivity contribution is -0.141. The maximum Gasteiger partial charge on any atom is 0.433 e. The second kappa shape index (κ2) is 7.00. The predicted octanol–water partition coefficient (Wildman–Crippen LogP) is 2.93. The second-order valence-corrected chi connectivity index (χ2v) is 10.3. The number of hydrogen-bond donors (Lipinski definition) is 0. The van der Waals surface area contributed by atoms with Gasteiger partial charge < -0.3 is 0 Å². The van der Waals surface area contributed by atoms with Crippen molar-refractivity contribution in [2.75, 3.05) is 26.2 Å². The number of halogens is 3. The van der Waals surface area contributed by atoms with Gasteiger partial charge in [-0.3, -0.25) is 9.88 Å². The average molecular weight is 440 g/mol. The molecule has 10 heteroatoms. The topological polar surface area (TPSA) is 66.4 Å². The van der Waals surface area contributed by atoms with Gasteiger partial charge in [0.25, 0.3) is 0 Å². The first-order valence-corrected chi connectivity index (χ1v) is 11.0. The molecule has 0 saturated carbocycles. The van der Waals surface area contributed by atoms with Crippen molar-refractivity contribution < 1.29 is 21.6 Å². The van der Waals surface area contributed by atoms with E-state index in [1.165, 1.54) is 22.4 Å². The Balaban J connectivity index is 1.40. The van der Waals surface area contributed by atoms with Gasteiger partial charge >= 0.3 is 6.18 Å². The van der Waals surface area contributed by atoms with E-state index in [1.54, 1.807) is 6.20 Å². The van der Waals surface area contributed by atoms with Crippen molar-refractivity contribution in [3.8, 4) is 0 Å². The van der Waals surface area contributed by atoms with Crippen LogP contribution in [0.5, 0.6) is 0 Å². The number of sulfonamides is 1. The van der Waals surface area contributed by atoms with Crippen molar-refractivity contribution in [2.24, 2.45) is 5.41 Å². The van der Waals surface area contributed by atoms with Gasteiger partial charge in [0.1, 0.15) is 10.6 Å². The highest BCUT2D eigenvalue weighted by atomic mass is 32.2. The first-order chi connectivity index (χ1) is 13.9. The highest BCUT2D eigenvalue weighted by Crippen LogP contribution is 2.43. The fourth-order valence-electron chi connectivity index (χ4n) is 4.39. The molecule has 2 aliphatic heterocycles. The molecule has 162 valence electrons. The summed E-state index contributed by atoms with van der Waals surface area (Å²) < 4.78 is 65.5. The molecule has 0 bridgehead atoms. The predicted molar refractivity (Wildman–Crippen MR) is 104 cm³/mol. The number of rotatable bonds is 4. The molecule has 0 aliphatic carbocycles. The summed E-state index contributed by atoms with van der Waals surface area (Å²) in [6.07, 6.45) is -2.81. The van der Waals surface area contributed by atoms with Crippen LogP contribution < -0.4 is 0 Å². The number of pyridine rings is 2. The van der Waals surface area contributed by atoms with Gasteiger partial charge in [0.15, 0.2) is 0 Å². The summed E-state index contributed by atoms with van der Waals surface area (Å²) in [4.78, 5) is 9.90. The van der Waals surface area contributed by atoms with Gasteiger partial charge in [0.2, 0.25) is 10.0 Å². The molecule has 2 saturated heterocycles. The molecule has 2 aliphatic rings. The fraction of sp³-hybridized carbons (Fsp3) is 0.500. The van der Waals surface area contributed by atoms with Gasteiger partial charge in [-0.2, -0.15) is 17.5 Å². The lowest BCUT2D eigenvalue weighted by Crippen LogP contribution is -2.72. The van der Waals surface area contributed by atoms with Gasteiger partial charge in [-0.1, -0.05) is 0 Å². The molecule has 0 N–H and O–H groups in total. The Morgan fingerprint density at radius 1 is 1.03 bits per heavy atom. The molecular formula is C20H23F3N4O2S. The van der Waals surface area contributed by atoms with Gasteiger partial charge in [0, 0.05) is 50.0 Å². The van der Waals surface area contributed by atoms with E-state index in [4.69, 9.17) is 0 Å². The quantitative estimate of drug-likeness (QED) is 0.732. The molecule has 6 nitrogen and oxygen atoms in total.